The second-order valence-electron chi connectivity index (χ2n) is 12.8. The number of carboxylic acids is 1. The van der Waals surface area contributed by atoms with Gasteiger partial charge in [-0.3, -0.25) is 33.8 Å². The van der Waals surface area contributed by atoms with E-state index >= 15 is 0 Å². The molecule has 3 rings (SSSR count). The van der Waals surface area contributed by atoms with Crippen LogP contribution in [0.15, 0.2) is 5.10 Å². The first-order chi connectivity index (χ1) is 22.3. The SMILES string of the molecule is CCCCC[C@@H](CC(=O)N1N=CCC[C@@H]1C(=O)N[C@H]1COC(=O)[C@H]2CCCNN2C(=O)[C@H](C)NC(=O)[C@@H](CC(C)C)NC1=O)C(=O)O. The molecule has 16 nitrogen and oxygen atoms in total. The summed E-state index contributed by atoms with van der Waals surface area (Å²) in [7, 11) is 0. The number of nitrogens with one attached hydrogen (secondary N) is 4. The highest BCUT2D eigenvalue weighted by atomic mass is 16.5. The molecule has 47 heavy (non-hydrogen) atoms. The molecule has 0 saturated carbocycles. The van der Waals surface area contributed by atoms with Crippen molar-refractivity contribution in [1.82, 2.24) is 31.4 Å². The maximum Gasteiger partial charge on any atom is 0.330 e. The number of hydrogen-bond acceptors (Lipinski definition) is 10. The van der Waals surface area contributed by atoms with Gasteiger partial charge in [0.2, 0.25) is 23.6 Å². The van der Waals surface area contributed by atoms with E-state index in [-0.39, 0.29) is 31.6 Å². The third-order valence-corrected chi connectivity index (χ3v) is 8.41. The van der Waals surface area contributed by atoms with Gasteiger partial charge in [0, 0.05) is 19.2 Å². The minimum Gasteiger partial charge on any atom is -0.481 e. The van der Waals surface area contributed by atoms with Crippen LogP contribution in [-0.4, -0.2) is 106 Å². The number of carbonyl (C=O) groups is 7. The van der Waals surface area contributed by atoms with E-state index in [4.69, 9.17) is 4.74 Å². The van der Waals surface area contributed by atoms with Gasteiger partial charge in [-0.2, -0.15) is 5.10 Å². The molecule has 5 amide bonds. The molecule has 0 spiro atoms. The minimum atomic E-state index is -1.46. The number of amides is 5. The molecule has 3 aliphatic rings. The van der Waals surface area contributed by atoms with Gasteiger partial charge >= 0.3 is 11.9 Å². The zero-order chi connectivity index (χ0) is 34.7. The Balaban J connectivity index is 1.84. The van der Waals surface area contributed by atoms with Gasteiger partial charge in [0.25, 0.3) is 5.91 Å². The van der Waals surface area contributed by atoms with Crippen molar-refractivity contribution in [2.75, 3.05) is 13.2 Å². The van der Waals surface area contributed by atoms with Gasteiger partial charge in [0.05, 0.1) is 5.92 Å². The van der Waals surface area contributed by atoms with Crippen molar-refractivity contribution < 1.29 is 43.4 Å². The molecule has 0 aromatic heterocycles. The smallest absolute Gasteiger partial charge is 0.330 e. The highest BCUT2D eigenvalue weighted by molar-refractivity contribution is 5.97. The van der Waals surface area contributed by atoms with Gasteiger partial charge in [-0.1, -0.05) is 40.0 Å². The highest BCUT2D eigenvalue weighted by Crippen LogP contribution is 2.21. The molecule has 3 aliphatic heterocycles. The number of carbonyl (C=O) groups excluding carboxylic acids is 6. The first kappa shape index (κ1) is 37.4. The average Bonchev–Trinajstić information content (AvgIpc) is 3.04. The lowest BCUT2D eigenvalue weighted by Gasteiger charge is -2.36. The van der Waals surface area contributed by atoms with Gasteiger partial charge in [0.1, 0.15) is 36.8 Å². The molecule has 0 aliphatic carbocycles. The van der Waals surface area contributed by atoms with Crippen LogP contribution in [0, 0.1) is 11.8 Å². The predicted octanol–water partition coefficient (Wildman–Crippen LogP) is 0.207. The second-order valence-corrected chi connectivity index (χ2v) is 12.8. The number of fused-ring (bicyclic) bond motifs is 1. The van der Waals surface area contributed by atoms with Crippen LogP contribution in [0.2, 0.25) is 0 Å². The highest BCUT2D eigenvalue weighted by Gasteiger charge is 2.40. The Hall–Kier alpha value is -4.08. The molecule has 0 bridgehead atoms. The molecule has 2 fully saturated rings. The largest absolute Gasteiger partial charge is 0.481 e. The number of carboxylic acid groups (broad SMARTS) is 1. The van der Waals surface area contributed by atoms with Crippen molar-refractivity contribution in [2.45, 2.75) is 122 Å². The second kappa shape index (κ2) is 17.7. The van der Waals surface area contributed by atoms with Crippen LogP contribution in [0.5, 0.6) is 0 Å². The van der Waals surface area contributed by atoms with E-state index in [0.29, 0.717) is 32.2 Å². The Kier molecular flexibility index (Phi) is 14.1. The number of cyclic esters (lactones) is 1. The van der Waals surface area contributed by atoms with Crippen molar-refractivity contribution in [3.63, 3.8) is 0 Å². The first-order valence-electron chi connectivity index (χ1n) is 16.6. The maximum absolute atomic E-state index is 13.6. The molecule has 0 radical (unpaired) electrons. The van der Waals surface area contributed by atoms with Crippen molar-refractivity contribution in [3.8, 4) is 0 Å². The molecular formula is C31H49N7O9. The van der Waals surface area contributed by atoms with Crippen molar-refractivity contribution in [3.05, 3.63) is 0 Å². The maximum atomic E-state index is 13.6. The summed E-state index contributed by atoms with van der Waals surface area (Å²) < 4.78 is 5.49. The average molecular weight is 664 g/mol. The van der Waals surface area contributed by atoms with E-state index < -0.39 is 84.2 Å². The van der Waals surface area contributed by atoms with Gasteiger partial charge in [-0.05, 0) is 51.4 Å². The molecular weight excluding hydrogens is 614 g/mol. The number of nitrogens with zero attached hydrogens (tertiary/aromatic N) is 3. The number of esters is 1. The van der Waals surface area contributed by atoms with Crippen LogP contribution in [0.1, 0.15) is 91.9 Å². The quantitative estimate of drug-likeness (QED) is 0.150. The van der Waals surface area contributed by atoms with Crippen LogP contribution in [0.4, 0.5) is 0 Å². The van der Waals surface area contributed by atoms with Gasteiger partial charge < -0.3 is 25.8 Å². The van der Waals surface area contributed by atoms with E-state index in [1.165, 1.54) is 13.1 Å². The number of unbranched alkanes of at least 4 members (excludes halogenated alkanes) is 2. The van der Waals surface area contributed by atoms with Crippen LogP contribution in [0.3, 0.4) is 0 Å². The topological polar surface area (TPSA) is 216 Å². The van der Waals surface area contributed by atoms with Crippen molar-refractivity contribution in [2.24, 2.45) is 16.9 Å². The number of hydrazone groups is 1. The summed E-state index contributed by atoms with van der Waals surface area (Å²) in [6, 6.07) is -5.73. The summed E-state index contributed by atoms with van der Waals surface area (Å²) in [5.41, 5.74) is 2.89. The molecule has 0 unspecified atom stereocenters. The number of aliphatic carboxylic acids is 1. The Morgan fingerprint density at radius 3 is 2.53 bits per heavy atom. The fourth-order valence-corrected chi connectivity index (χ4v) is 5.78. The standard InChI is InChI=1S/C31H49N7O9/c1-5-6-7-10-20(30(44)45)16-25(39)37-23(11-8-13-32-37)28(42)36-22-17-47-31(46)24-12-9-14-33-38(24)29(43)19(4)34-26(40)21(15-18(2)3)35-27(22)41/h13,18-24,33H,5-12,14-17H2,1-4H3,(H,34,40)(H,35,41)(H,36,42)(H,44,45)/t19-,20-,21+,22-,23+,24+/m0/s1. The molecule has 6 atom stereocenters. The van der Waals surface area contributed by atoms with E-state index in [9.17, 15) is 38.7 Å². The third-order valence-electron chi connectivity index (χ3n) is 8.41. The normalized spacial score (nSPS) is 26.5. The van der Waals surface area contributed by atoms with Crippen molar-refractivity contribution >= 4 is 47.7 Å². The van der Waals surface area contributed by atoms with E-state index in [0.717, 1.165) is 22.9 Å². The molecule has 3 heterocycles. The summed E-state index contributed by atoms with van der Waals surface area (Å²) in [6.07, 6.45) is 5.33. The fraction of sp³-hybridized carbons (Fsp3) is 0.742. The summed E-state index contributed by atoms with van der Waals surface area (Å²) in [5, 5.41) is 23.7. The number of ether oxygens (including phenoxy) is 1. The predicted molar refractivity (Wildman–Crippen MR) is 168 cm³/mol. The van der Waals surface area contributed by atoms with E-state index in [1.54, 1.807) is 0 Å². The molecule has 2 saturated heterocycles. The van der Waals surface area contributed by atoms with Gasteiger partial charge in [-0.25, -0.2) is 15.2 Å². The van der Waals surface area contributed by atoms with Gasteiger partial charge in [0.15, 0.2) is 0 Å². The first-order valence-corrected chi connectivity index (χ1v) is 16.6. The summed E-state index contributed by atoms with van der Waals surface area (Å²) in [6.45, 7) is 7.00. The monoisotopic (exact) mass is 663 g/mol. The Morgan fingerprint density at radius 2 is 1.85 bits per heavy atom. The summed E-state index contributed by atoms with van der Waals surface area (Å²) in [5.74, 6) is -6.25. The Morgan fingerprint density at radius 1 is 1.11 bits per heavy atom. The van der Waals surface area contributed by atoms with Crippen LogP contribution >= 0.6 is 0 Å². The molecule has 262 valence electrons. The summed E-state index contributed by atoms with van der Waals surface area (Å²) in [4.78, 5) is 92.1. The Bertz CT molecular complexity index is 1210. The van der Waals surface area contributed by atoms with Crippen LogP contribution < -0.4 is 21.4 Å². The fourth-order valence-electron chi connectivity index (χ4n) is 5.78. The lowest BCUT2D eigenvalue weighted by atomic mass is 9.97. The van der Waals surface area contributed by atoms with Crippen LogP contribution in [-0.2, 0) is 38.3 Å². The molecule has 16 heteroatoms. The number of rotatable bonds is 11. The van der Waals surface area contributed by atoms with E-state index in [1.807, 2.05) is 20.8 Å². The summed E-state index contributed by atoms with van der Waals surface area (Å²) >= 11 is 0. The lowest BCUT2D eigenvalue weighted by molar-refractivity contribution is -0.162. The number of hydrogen-bond donors (Lipinski definition) is 5. The molecule has 0 aromatic carbocycles. The molecule has 0 aromatic rings. The lowest BCUT2D eigenvalue weighted by Crippen LogP contribution is -2.61. The Labute approximate surface area is 274 Å². The minimum absolute atomic E-state index is 0.0389. The van der Waals surface area contributed by atoms with Crippen LogP contribution in [0.25, 0.3) is 0 Å². The number of hydrazine groups is 1. The van der Waals surface area contributed by atoms with E-state index in [2.05, 4.69) is 26.5 Å². The zero-order valence-electron chi connectivity index (χ0n) is 27.7. The van der Waals surface area contributed by atoms with Gasteiger partial charge in [-0.15, -0.1) is 0 Å². The molecule has 5 N–H and O–H groups in total. The van der Waals surface area contributed by atoms with Crippen molar-refractivity contribution in [1.29, 1.82) is 0 Å². The third kappa shape index (κ3) is 10.5. The zero-order valence-corrected chi connectivity index (χ0v) is 27.7.